The second kappa shape index (κ2) is 7.28. The van der Waals surface area contributed by atoms with Gasteiger partial charge >= 0.3 is 0 Å². The quantitative estimate of drug-likeness (QED) is 0.845. The topological polar surface area (TPSA) is 47.5 Å². The van der Waals surface area contributed by atoms with E-state index in [1.54, 1.807) is 6.20 Å². The van der Waals surface area contributed by atoms with Gasteiger partial charge in [0.2, 0.25) is 5.88 Å². The number of pyridine rings is 2. The van der Waals surface area contributed by atoms with E-state index in [-0.39, 0.29) is 0 Å². The molecular formula is C19H23N3O2. The molecule has 1 saturated heterocycles. The molecule has 2 aromatic rings. The van der Waals surface area contributed by atoms with Crippen LogP contribution in [-0.4, -0.2) is 46.8 Å². The van der Waals surface area contributed by atoms with E-state index < -0.39 is 0 Å². The Balaban J connectivity index is 1.35. The first-order valence-electron chi connectivity index (χ1n) is 8.67. The van der Waals surface area contributed by atoms with Crippen LogP contribution < -0.4 is 4.74 Å². The first-order valence-corrected chi connectivity index (χ1v) is 8.67. The Bertz CT molecular complexity index is 638. The van der Waals surface area contributed by atoms with Gasteiger partial charge < -0.3 is 9.47 Å². The van der Waals surface area contributed by atoms with Crippen molar-refractivity contribution in [3.05, 3.63) is 54.5 Å². The van der Waals surface area contributed by atoms with E-state index in [1.165, 1.54) is 5.56 Å². The first-order chi connectivity index (χ1) is 11.9. The zero-order valence-corrected chi connectivity index (χ0v) is 13.8. The number of hydrogen-bond acceptors (Lipinski definition) is 5. The highest BCUT2D eigenvalue weighted by atomic mass is 16.5. The number of nitrogens with zero attached hydrogens (tertiary/aromatic N) is 3. The van der Waals surface area contributed by atoms with Gasteiger partial charge in [-0.3, -0.25) is 9.88 Å². The molecule has 1 saturated carbocycles. The lowest BCUT2D eigenvalue weighted by atomic mass is 10.1. The Morgan fingerprint density at radius 2 is 2.04 bits per heavy atom. The molecule has 1 aliphatic carbocycles. The predicted molar refractivity (Wildman–Crippen MR) is 90.6 cm³/mol. The molecule has 24 heavy (non-hydrogen) atoms. The normalized spacial score (nSPS) is 26.9. The zero-order valence-electron chi connectivity index (χ0n) is 13.8. The van der Waals surface area contributed by atoms with E-state index in [2.05, 4.69) is 27.0 Å². The molecule has 3 atom stereocenters. The van der Waals surface area contributed by atoms with E-state index >= 15 is 0 Å². The average molecular weight is 325 g/mol. The third kappa shape index (κ3) is 3.57. The molecule has 1 aliphatic heterocycles. The maximum absolute atomic E-state index is 6.03. The number of rotatable bonds is 5. The van der Waals surface area contributed by atoms with Gasteiger partial charge in [0.15, 0.2) is 0 Å². The van der Waals surface area contributed by atoms with Crippen molar-refractivity contribution in [3.8, 4) is 5.88 Å². The number of hydrogen-bond donors (Lipinski definition) is 0. The molecule has 0 aromatic carbocycles. The molecule has 2 aliphatic rings. The minimum Gasteiger partial charge on any atom is -0.477 e. The SMILES string of the molecule is c1ccc(OC[C@H]2C[C@@H]3[C@@H](C2)OCCN3Cc2ccncc2)nc1. The fourth-order valence-electron chi connectivity index (χ4n) is 3.82. The molecule has 4 rings (SSSR count). The van der Waals surface area contributed by atoms with Crippen molar-refractivity contribution in [2.75, 3.05) is 19.8 Å². The molecule has 5 nitrogen and oxygen atoms in total. The zero-order chi connectivity index (χ0) is 16.2. The van der Waals surface area contributed by atoms with Crippen LogP contribution in [0.5, 0.6) is 5.88 Å². The lowest BCUT2D eigenvalue weighted by Gasteiger charge is -2.37. The number of morpholine rings is 1. The monoisotopic (exact) mass is 325 g/mol. The van der Waals surface area contributed by atoms with Crippen LogP contribution in [0, 0.1) is 5.92 Å². The van der Waals surface area contributed by atoms with Gasteiger partial charge in [-0.25, -0.2) is 4.98 Å². The number of ether oxygens (including phenoxy) is 2. The van der Waals surface area contributed by atoms with Gasteiger partial charge in [-0.1, -0.05) is 6.07 Å². The van der Waals surface area contributed by atoms with Gasteiger partial charge in [0.05, 0.1) is 19.3 Å². The third-order valence-electron chi connectivity index (χ3n) is 4.99. The summed E-state index contributed by atoms with van der Waals surface area (Å²) in [5.74, 6) is 1.24. The van der Waals surface area contributed by atoms with Gasteiger partial charge in [-0.05, 0) is 42.5 Å². The molecule has 126 valence electrons. The summed E-state index contributed by atoms with van der Waals surface area (Å²) in [5.41, 5.74) is 1.32. The standard InChI is InChI=1S/C19H23N3O2/c1-2-6-21-19(3-1)24-14-16-11-17-18(12-16)23-10-9-22(17)13-15-4-7-20-8-5-15/h1-8,16-18H,9-14H2/t16-,17+,18+/m0/s1. The smallest absolute Gasteiger partial charge is 0.213 e. The summed E-state index contributed by atoms with van der Waals surface area (Å²) in [5, 5.41) is 0. The molecule has 0 N–H and O–H groups in total. The molecule has 0 unspecified atom stereocenters. The van der Waals surface area contributed by atoms with Gasteiger partial charge in [0.25, 0.3) is 0 Å². The van der Waals surface area contributed by atoms with Gasteiger partial charge in [-0.15, -0.1) is 0 Å². The third-order valence-corrected chi connectivity index (χ3v) is 4.99. The van der Waals surface area contributed by atoms with E-state index in [0.717, 1.165) is 39.1 Å². The average Bonchev–Trinajstić information content (AvgIpc) is 3.06. The minimum absolute atomic E-state index is 0.331. The summed E-state index contributed by atoms with van der Waals surface area (Å²) in [6.45, 7) is 3.51. The minimum atomic E-state index is 0.331. The molecule has 0 spiro atoms. The maximum Gasteiger partial charge on any atom is 0.213 e. The van der Waals surface area contributed by atoms with Crippen LogP contribution in [-0.2, 0) is 11.3 Å². The van der Waals surface area contributed by atoms with E-state index in [1.807, 2.05) is 30.6 Å². The summed E-state index contributed by atoms with van der Waals surface area (Å²) in [4.78, 5) is 10.9. The Hall–Kier alpha value is -1.98. The predicted octanol–water partition coefficient (Wildman–Crippen LogP) is 2.54. The molecule has 3 heterocycles. The maximum atomic E-state index is 6.03. The summed E-state index contributed by atoms with van der Waals surface area (Å²) < 4.78 is 11.9. The van der Waals surface area contributed by atoms with Crippen molar-refractivity contribution >= 4 is 0 Å². The second-order valence-electron chi connectivity index (χ2n) is 6.62. The number of aromatic nitrogens is 2. The van der Waals surface area contributed by atoms with Gasteiger partial charge in [0.1, 0.15) is 0 Å². The first kappa shape index (κ1) is 15.5. The van der Waals surface area contributed by atoms with E-state index in [0.29, 0.717) is 23.9 Å². The van der Waals surface area contributed by atoms with Crippen molar-refractivity contribution in [1.82, 2.24) is 14.9 Å². The Labute approximate surface area is 142 Å². The lowest BCUT2D eigenvalue weighted by Crippen LogP contribution is -2.47. The largest absolute Gasteiger partial charge is 0.477 e. The molecule has 2 aromatic heterocycles. The molecule has 2 fully saturated rings. The molecule has 5 heteroatoms. The van der Waals surface area contributed by atoms with Crippen LogP contribution in [0.4, 0.5) is 0 Å². The summed E-state index contributed by atoms with van der Waals surface area (Å²) >= 11 is 0. The van der Waals surface area contributed by atoms with Crippen LogP contribution in [0.15, 0.2) is 48.9 Å². The lowest BCUT2D eigenvalue weighted by molar-refractivity contribution is -0.0590. The highest BCUT2D eigenvalue weighted by molar-refractivity contribution is 5.11. The Kier molecular flexibility index (Phi) is 4.71. The molecule has 0 amide bonds. The van der Waals surface area contributed by atoms with Crippen LogP contribution >= 0.6 is 0 Å². The van der Waals surface area contributed by atoms with Crippen LogP contribution in [0.2, 0.25) is 0 Å². The van der Waals surface area contributed by atoms with Crippen molar-refractivity contribution in [2.24, 2.45) is 5.92 Å². The van der Waals surface area contributed by atoms with Crippen molar-refractivity contribution in [2.45, 2.75) is 31.5 Å². The van der Waals surface area contributed by atoms with Gasteiger partial charge in [-0.2, -0.15) is 0 Å². The van der Waals surface area contributed by atoms with Crippen molar-refractivity contribution < 1.29 is 9.47 Å². The van der Waals surface area contributed by atoms with E-state index in [4.69, 9.17) is 9.47 Å². The highest BCUT2D eigenvalue weighted by Crippen LogP contribution is 2.35. The van der Waals surface area contributed by atoms with Crippen molar-refractivity contribution in [1.29, 1.82) is 0 Å². The summed E-state index contributed by atoms with van der Waals surface area (Å²) in [6, 6.07) is 10.5. The van der Waals surface area contributed by atoms with Gasteiger partial charge in [0, 0.05) is 43.8 Å². The van der Waals surface area contributed by atoms with Crippen LogP contribution in [0.1, 0.15) is 18.4 Å². The molecular weight excluding hydrogens is 302 g/mol. The summed E-state index contributed by atoms with van der Waals surface area (Å²) in [7, 11) is 0. The van der Waals surface area contributed by atoms with Crippen LogP contribution in [0.25, 0.3) is 0 Å². The van der Waals surface area contributed by atoms with E-state index in [9.17, 15) is 0 Å². The highest BCUT2D eigenvalue weighted by Gasteiger charge is 2.41. The Morgan fingerprint density at radius 1 is 1.12 bits per heavy atom. The van der Waals surface area contributed by atoms with Crippen LogP contribution in [0.3, 0.4) is 0 Å². The Morgan fingerprint density at radius 3 is 2.88 bits per heavy atom. The van der Waals surface area contributed by atoms with Crippen molar-refractivity contribution in [3.63, 3.8) is 0 Å². The molecule has 0 radical (unpaired) electrons. The molecule has 0 bridgehead atoms. The fraction of sp³-hybridized carbons (Fsp3) is 0.474. The second-order valence-corrected chi connectivity index (χ2v) is 6.62. The summed E-state index contributed by atoms with van der Waals surface area (Å²) in [6.07, 6.45) is 8.03. The number of fused-ring (bicyclic) bond motifs is 1. The fourth-order valence-corrected chi connectivity index (χ4v) is 3.82.